The zero-order valence-electron chi connectivity index (χ0n) is 14.2. The number of nitrogens with zero attached hydrogens (tertiary/aromatic N) is 1. The average Bonchev–Trinajstić information content (AvgIpc) is 3.03. The summed E-state index contributed by atoms with van der Waals surface area (Å²) in [5.41, 5.74) is 7.50. The molecule has 0 aromatic heterocycles. The molecule has 4 heteroatoms. The standard InChI is InChI=1S/C20H27ClN2O/c21-17-8-2-1-7-16(17)18-9-4-10-23(18)20(24)15-11-13-5-3-6-14(12-15)19(13)22/h1-2,7-8,13-15,18-19H,3-6,9-12,22H2. The van der Waals surface area contributed by atoms with Crippen LogP contribution in [-0.2, 0) is 4.79 Å². The fourth-order valence-electron chi connectivity index (χ4n) is 5.32. The molecular weight excluding hydrogens is 320 g/mol. The van der Waals surface area contributed by atoms with Crippen LogP contribution in [0.15, 0.2) is 24.3 Å². The first-order valence-electron chi connectivity index (χ1n) is 9.45. The highest BCUT2D eigenvalue weighted by atomic mass is 35.5. The van der Waals surface area contributed by atoms with Gasteiger partial charge in [-0.05, 0) is 62.0 Å². The lowest BCUT2D eigenvalue weighted by molar-refractivity contribution is -0.139. The fraction of sp³-hybridized carbons (Fsp3) is 0.650. The number of rotatable bonds is 2. The smallest absolute Gasteiger partial charge is 0.226 e. The van der Waals surface area contributed by atoms with Crippen molar-refractivity contribution >= 4 is 17.5 Å². The van der Waals surface area contributed by atoms with E-state index in [1.807, 2.05) is 18.2 Å². The van der Waals surface area contributed by atoms with E-state index < -0.39 is 0 Å². The average molecular weight is 347 g/mol. The highest BCUT2D eigenvalue weighted by molar-refractivity contribution is 6.31. The molecule has 3 atom stereocenters. The number of likely N-dealkylation sites (tertiary alicyclic amines) is 1. The predicted molar refractivity (Wildman–Crippen MR) is 96.7 cm³/mol. The van der Waals surface area contributed by atoms with Gasteiger partial charge in [-0.25, -0.2) is 0 Å². The van der Waals surface area contributed by atoms with E-state index in [0.717, 1.165) is 42.8 Å². The van der Waals surface area contributed by atoms with Gasteiger partial charge in [0.2, 0.25) is 5.91 Å². The number of carbonyl (C=O) groups excluding carboxylic acids is 1. The third kappa shape index (κ3) is 2.86. The van der Waals surface area contributed by atoms with E-state index >= 15 is 0 Å². The molecule has 1 heterocycles. The number of benzene rings is 1. The molecular formula is C20H27ClN2O. The molecule has 1 saturated heterocycles. The maximum atomic E-state index is 13.3. The molecule has 1 aliphatic heterocycles. The summed E-state index contributed by atoms with van der Waals surface area (Å²) in [5, 5.41) is 0.782. The van der Waals surface area contributed by atoms with Gasteiger partial charge < -0.3 is 10.6 Å². The van der Waals surface area contributed by atoms with Crippen LogP contribution < -0.4 is 5.73 Å². The summed E-state index contributed by atoms with van der Waals surface area (Å²) >= 11 is 6.40. The molecule has 130 valence electrons. The molecule has 3 fully saturated rings. The fourth-order valence-corrected chi connectivity index (χ4v) is 5.59. The second-order valence-electron chi connectivity index (χ2n) is 7.91. The van der Waals surface area contributed by atoms with Crippen LogP contribution in [0.3, 0.4) is 0 Å². The number of fused-ring (bicyclic) bond motifs is 2. The van der Waals surface area contributed by atoms with Crippen molar-refractivity contribution in [3.05, 3.63) is 34.9 Å². The quantitative estimate of drug-likeness (QED) is 0.874. The van der Waals surface area contributed by atoms with Gasteiger partial charge in [-0.15, -0.1) is 0 Å². The van der Waals surface area contributed by atoms with Crippen LogP contribution in [0.4, 0.5) is 0 Å². The molecule has 2 aliphatic carbocycles. The molecule has 24 heavy (non-hydrogen) atoms. The molecule has 2 saturated carbocycles. The van der Waals surface area contributed by atoms with Crippen LogP contribution in [0.1, 0.15) is 56.6 Å². The maximum absolute atomic E-state index is 13.3. The van der Waals surface area contributed by atoms with Crippen LogP contribution in [-0.4, -0.2) is 23.4 Å². The monoisotopic (exact) mass is 346 g/mol. The van der Waals surface area contributed by atoms with Crippen molar-refractivity contribution < 1.29 is 4.79 Å². The Hall–Kier alpha value is -1.06. The number of hydrogen-bond acceptors (Lipinski definition) is 2. The molecule has 4 rings (SSSR count). The number of amides is 1. The summed E-state index contributed by atoms with van der Waals surface area (Å²) in [6.07, 6.45) is 7.76. The molecule has 0 spiro atoms. The lowest BCUT2D eigenvalue weighted by Gasteiger charge is -2.44. The van der Waals surface area contributed by atoms with E-state index in [-0.39, 0.29) is 12.0 Å². The highest BCUT2D eigenvalue weighted by Gasteiger charge is 2.43. The first-order valence-corrected chi connectivity index (χ1v) is 9.83. The number of carbonyl (C=O) groups is 1. The van der Waals surface area contributed by atoms with Crippen molar-refractivity contribution in [2.24, 2.45) is 23.5 Å². The van der Waals surface area contributed by atoms with Crippen molar-refractivity contribution in [2.45, 2.75) is 57.0 Å². The zero-order valence-corrected chi connectivity index (χ0v) is 14.9. The molecule has 2 N–H and O–H groups in total. The molecule has 2 bridgehead atoms. The van der Waals surface area contributed by atoms with Crippen LogP contribution in [0, 0.1) is 17.8 Å². The summed E-state index contributed by atoms with van der Waals surface area (Å²) in [6, 6.07) is 8.46. The van der Waals surface area contributed by atoms with Crippen molar-refractivity contribution in [3.63, 3.8) is 0 Å². The van der Waals surface area contributed by atoms with Gasteiger partial charge in [0.05, 0.1) is 6.04 Å². The lowest BCUT2D eigenvalue weighted by Crippen LogP contribution is -2.49. The maximum Gasteiger partial charge on any atom is 0.226 e. The van der Waals surface area contributed by atoms with Gasteiger partial charge in [0.15, 0.2) is 0 Å². The van der Waals surface area contributed by atoms with Crippen molar-refractivity contribution in [1.29, 1.82) is 0 Å². The molecule has 0 radical (unpaired) electrons. The van der Waals surface area contributed by atoms with Crippen LogP contribution >= 0.6 is 11.6 Å². The first-order chi connectivity index (χ1) is 11.6. The zero-order chi connectivity index (χ0) is 16.7. The van der Waals surface area contributed by atoms with E-state index in [1.54, 1.807) is 0 Å². The van der Waals surface area contributed by atoms with Gasteiger partial charge in [0, 0.05) is 23.5 Å². The van der Waals surface area contributed by atoms with Crippen LogP contribution in [0.5, 0.6) is 0 Å². The second-order valence-corrected chi connectivity index (χ2v) is 8.32. The Morgan fingerprint density at radius 1 is 1.08 bits per heavy atom. The molecule has 1 aromatic carbocycles. The Morgan fingerprint density at radius 2 is 1.79 bits per heavy atom. The third-order valence-corrected chi connectivity index (χ3v) is 6.91. The normalized spacial score (nSPS) is 35.9. The van der Waals surface area contributed by atoms with Crippen LogP contribution in [0.2, 0.25) is 5.02 Å². The Labute approximate surface area is 149 Å². The minimum atomic E-state index is 0.154. The van der Waals surface area contributed by atoms with Gasteiger partial charge in [0.1, 0.15) is 0 Å². The minimum Gasteiger partial charge on any atom is -0.335 e. The lowest BCUT2D eigenvalue weighted by atomic mass is 9.65. The van der Waals surface area contributed by atoms with E-state index in [4.69, 9.17) is 17.3 Å². The van der Waals surface area contributed by atoms with Crippen molar-refractivity contribution in [1.82, 2.24) is 4.90 Å². The Morgan fingerprint density at radius 3 is 2.50 bits per heavy atom. The largest absolute Gasteiger partial charge is 0.335 e. The number of nitrogens with two attached hydrogens (primary N) is 1. The minimum absolute atomic E-state index is 0.154. The molecule has 3 aliphatic rings. The summed E-state index contributed by atoms with van der Waals surface area (Å²) < 4.78 is 0. The molecule has 1 aromatic rings. The van der Waals surface area contributed by atoms with E-state index in [2.05, 4.69) is 11.0 Å². The number of halogens is 1. The molecule has 1 amide bonds. The van der Waals surface area contributed by atoms with Gasteiger partial charge in [0.25, 0.3) is 0 Å². The molecule has 3 nitrogen and oxygen atoms in total. The van der Waals surface area contributed by atoms with Gasteiger partial charge in [-0.1, -0.05) is 36.2 Å². The summed E-state index contributed by atoms with van der Waals surface area (Å²) in [5.74, 6) is 1.62. The van der Waals surface area contributed by atoms with E-state index in [9.17, 15) is 4.79 Å². The second kappa shape index (κ2) is 6.68. The van der Waals surface area contributed by atoms with Gasteiger partial charge in [-0.3, -0.25) is 4.79 Å². The topological polar surface area (TPSA) is 46.3 Å². The van der Waals surface area contributed by atoms with Gasteiger partial charge in [-0.2, -0.15) is 0 Å². The van der Waals surface area contributed by atoms with Gasteiger partial charge >= 0.3 is 0 Å². The third-order valence-electron chi connectivity index (χ3n) is 6.56. The summed E-state index contributed by atoms with van der Waals surface area (Å²) in [4.78, 5) is 15.4. The Bertz CT molecular complexity index is 605. The number of hydrogen-bond donors (Lipinski definition) is 1. The van der Waals surface area contributed by atoms with Crippen molar-refractivity contribution in [2.75, 3.05) is 6.54 Å². The van der Waals surface area contributed by atoms with Crippen LogP contribution in [0.25, 0.3) is 0 Å². The highest BCUT2D eigenvalue weighted by Crippen LogP contribution is 2.44. The summed E-state index contributed by atoms with van der Waals surface area (Å²) in [6.45, 7) is 0.868. The molecule has 3 unspecified atom stereocenters. The van der Waals surface area contributed by atoms with E-state index in [1.165, 1.54) is 19.3 Å². The SMILES string of the molecule is NC1C2CCCC1CC(C(=O)N1CCCC1c1ccccc1Cl)C2. The van der Waals surface area contributed by atoms with Crippen molar-refractivity contribution in [3.8, 4) is 0 Å². The Balaban J connectivity index is 1.52. The Kier molecular flexibility index (Phi) is 4.57. The predicted octanol–water partition coefficient (Wildman–Crippen LogP) is 4.16. The first kappa shape index (κ1) is 16.4. The van der Waals surface area contributed by atoms with E-state index in [0.29, 0.717) is 23.8 Å². The summed E-state index contributed by atoms with van der Waals surface area (Å²) in [7, 11) is 0.